The van der Waals surface area contributed by atoms with Gasteiger partial charge in [-0.3, -0.25) is 4.79 Å². The molecule has 0 fully saturated rings. The van der Waals surface area contributed by atoms with Crippen molar-refractivity contribution in [2.75, 3.05) is 11.1 Å². The lowest BCUT2D eigenvalue weighted by Gasteiger charge is -2.22. The van der Waals surface area contributed by atoms with Crippen LogP contribution in [0, 0.1) is 0 Å². The summed E-state index contributed by atoms with van der Waals surface area (Å²) in [4.78, 5) is 13.8. The van der Waals surface area contributed by atoms with Crippen molar-refractivity contribution in [1.29, 1.82) is 0 Å². The number of aryl methyl sites for hydroxylation is 1. The first-order valence-corrected chi connectivity index (χ1v) is 7.35. The number of anilines is 2. The van der Waals surface area contributed by atoms with Crippen molar-refractivity contribution in [2.45, 2.75) is 25.2 Å². The molecule has 1 heterocycles. The Labute approximate surface area is 128 Å². The van der Waals surface area contributed by atoms with Crippen LogP contribution in [0.15, 0.2) is 35.7 Å². The third kappa shape index (κ3) is 2.81. The summed E-state index contributed by atoms with van der Waals surface area (Å²) in [6, 6.07) is 9.46. The molecule has 1 amide bonds. The van der Waals surface area contributed by atoms with Gasteiger partial charge in [0, 0.05) is 4.88 Å². The van der Waals surface area contributed by atoms with Gasteiger partial charge in [0.1, 0.15) is 0 Å². The third-order valence-corrected chi connectivity index (χ3v) is 4.58. The van der Waals surface area contributed by atoms with Gasteiger partial charge in [0.15, 0.2) is 0 Å². The molecule has 0 saturated carbocycles. The zero-order valence-electron chi connectivity index (χ0n) is 11.0. The van der Waals surface area contributed by atoms with Gasteiger partial charge in [0.25, 0.3) is 0 Å². The second kappa shape index (κ2) is 6.29. The molecule has 3 N–H and O–H groups in total. The highest BCUT2D eigenvalue weighted by Crippen LogP contribution is 2.35. The second-order valence-corrected chi connectivity index (χ2v) is 5.82. The Bertz CT molecular complexity index is 611. The Morgan fingerprint density at radius 3 is 2.90 bits per heavy atom. The SMILES string of the molecule is Cl.Nc1ccccc1NC(=O)C1CCCc2sccc21. The number of halogens is 1. The smallest absolute Gasteiger partial charge is 0.232 e. The number of carbonyl (C=O) groups excluding carboxylic acids is 1. The summed E-state index contributed by atoms with van der Waals surface area (Å²) in [5.74, 6) is 0.0202. The van der Waals surface area contributed by atoms with E-state index in [0.717, 1.165) is 19.3 Å². The zero-order chi connectivity index (χ0) is 13.2. The highest BCUT2D eigenvalue weighted by Gasteiger charge is 2.27. The van der Waals surface area contributed by atoms with Crippen LogP contribution in [0.1, 0.15) is 29.2 Å². The van der Waals surface area contributed by atoms with E-state index in [4.69, 9.17) is 5.73 Å². The average molecular weight is 309 g/mol. The second-order valence-electron chi connectivity index (χ2n) is 4.82. The maximum Gasteiger partial charge on any atom is 0.232 e. The summed E-state index contributed by atoms with van der Waals surface area (Å²) in [6.07, 6.45) is 3.10. The molecule has 3 nitrogen and oxygen atoms in total. The van der Waals surface area contributed by atoms with E-state index in [2.05, 4.69) is 16.8 Å². The van der Waals surface area contributed by atoms with Gasteiger partial charge in [0.05, 0.1) is 17.3 Å². The molecule has 0 saturated heterocycles. The summed E-state index contributed by atoms with van der Waals surface area (Å²) in [7, 11) is 0. The summed E-state index contributed by atoms with van der Waals surface area (Å²) in [5, 5.41) is 5.03. The van der Waals surface area contributed by atoms with E-state index >= 15 is 0 Å². The summed E-state index contributed by atoms with van der Waals surface area (Å²) >= 11 is 1.75. The maximum atomic E-state index is 12.4. The van der Waals surface area contributed by atoms with Crippen molar-refractivity contribution in [1.82, 2.24) is 0 Å². The van der Waals surface area contributed by atoms with Crippen LogP contribution in [0.3, 0.4) is 0 Å². The number of carbonyl (C=O) groups is 1. The molecule has 2 aromatic rings. The monoisotopic (exact) mass is 308 g/mol. The number of fused-ring (bicyclic) bond motifs is 1. The highest BCUT2D eigenvalue weighted by atomic mass is 35.5. The van der Waals surface area contributed by atoms with Gasteiger partial charge in [-0.25, -0.2) is 0 Å². The summed E-state index contributed by atoms with van der Waals surface area (Å²) < 4.78 is 0. The lowest BCUT2D eigenvalue weighted by atomic mass is 9.87. The van der Waals surface area contributed by atoms with Crippen molar-refractivity contribution in [3.63, 3.8) is 0 Å². The van der Waals surface area contributed by atoms with Crippen molar-refractivity contribution in [2.24, 2.45) is 0 Å². The van der Waals surface area contributed by atoms with Gasteiger partial charge in [-0.15, -0.1) is 23.7 Å². The highest BCUT2D eigenvalue weighted by molar-refractivity contribution is 7.10. The Hall–Kier alpha value is -1.52. The van der Waals surface area contributed by atoms with Crippen LogP contribution in [-0.2, 0) is 11.2 Å². The van der Waals surface area contributed by atoms with Crippen LogP contribution in [0.5, 0.6) is 0 Å². The van der Waals surface area contributed by atoms with E-state index in [1.807, 2.05) is 18.2 Å². The molecule has 0 bridgehead atoms. The van der Waals surface area contributed by atoms with Crippen molar-refractivity contribution < 1.29 is 4.79 Å². The molecule has 1 aromatic carbocycles. The first-order valence-electron chi connectivity index (χ1n) is 6.47. The standard InChI is InChI=1S/C15H16N2OS.ClH/c16-12-5-1-2-6-13(12)17-15(18)11-4-3-7-14-10(11)8-9-19-14;/h1-2,5-6,8-9,11H,3-4,7,16H2,(H,17,18);1H. The lowest BCUT2D eigenvalue weighted by molar-refractivity contribution is -0.117. The van der Waals surface area contributed by atoms with Crippen LogP contribution >= 0.6 is 23.7 Å². The number of nitrogens with two attached hydrogens (primary N) is 1. The van der Waals surface area contributed by atoms with Crippen LogP contribution in [-0.4, -0.2) is 5.91 Å². The van der Waals surface area contributed by atoms with E-state index in [-0.39, 0.29) is 24.2 Å². The molecule has 1 aliphatic rings. The van der Waals surface area contributed by atoms with Crippen LogP contribution < -0.4 is 11.1 Å². The van der Waals surface area contributed by atoms with Gasteiger partial charge in [-0.05, 0) is 48.4 Å². The number of rotatable bonds is 2. The fourth-order valence-electron chi connectivity index (χ4n) is 2.59. The first kappa shape index (κ1) is 14.9. The molecule has 1 aromatic heterocycles. The number of hydrogen-bond acceptors (Lipinski definition) is 3. The molecular formula is C15H17ClN2OS. The predicted octanol–water partition coefficient (Wildman–Crippen LogP) is 3.81. The largest absolute Gasteiger partial charge is 0.397 e. The molecule has 1 unspecified atom stereocenters. The Balaban J connectivity index is 0.00000147. The minimum absolute atomic E-state index is 0. The minimum atomic E-state index is -0.0328. The number of nitrogens with one attached hydrogen (secondary N) is 1. The first-order chi connectivity index (χ1) is 9.25. The molecule has 0 spiro atoms. The average Bonchev–Trinajstić information content (AvgIpc) is 2.89. The molecule has 1 atom stereocenters. The number of para-hydroxylation sites is 2. The van der Waals surface area contributed by atoms with E-state index in [1.54, 1.807) is 17.4 Å². The number of amides is 1. The van der Waals surface area contributed by atoms with E-state index < -0.39 is 0 Å². The molecule has 1 aliphatic carbocycles. The lowest BCUT2D eigenvalue weighted by Crippen LogP contribution is -2.24. The number of benzene rings is 1. The number of nitrogen functional groups attached to an aromatic ring is 1. The summed E-state index contributed by atoms with van der Waals surface area (Å²) in [5.41, 5.74) is 8.37. The van der Waals surface area contributed by atoms with Gasteiger partial charge in [0.2, 0.25) is 5.91 Å². The van der Waals surface area contributed by atoms with Crippen LogP contribution in [0.25, 0.3) is 0 Å². The molecule has 5 heteroatoms. The molecular weight excluding hydrogens is 292 g/mol. The summed E-state index contributed by atoms with van der Waals surface area (Å²) in [6.45, 7) is 0. The van der Waals surface area contributed by atoms with Gasteiger partial charge < -0.3 is 11.1 Å². The maximum absolute atomic E-state index is 12.4. The molecule has 20 heavy (non-hydrogen) atoms. The molecule has 3 rings (SSSR count). The van der Waals surface area contributed by atoms with Crippen molar-refractivity contribution in [3.8, 4) is 0 Å². The number of hydrogen-bond donors (Lipinski definition) is 2. The fourth-order valence-corrected chi connectivity index (χ4v) is 3.58. The number of thiophene rings is 1. The van der Waals surface area contributed by atoms with E-state index in [1.165, 1.54) is 10.4 Å². The van der Waals surface area contributed by atoms with Gasteiger partial charge >= 0.3 is 0 Å². The predicted molar refractivity (Wildman–Crippen MR) is 86.7 cm³/mol. The van der Waals surface area contributed by atoms with Crippen molar-refractivity contribution in [3.05, 3.63) is 46.2 Å². The normalized spacial score (nSPS) is 16.9. The fraction of sp³-hybridized carbons (Fsp3) is 0.267. The van der Waals surface area contributed by atoms with Gasteiger partial charge in [-0.1, -0.05) is 12.1 Å². The van der Waals surface area contributed by atoms with Gasteiger partial charge in [-0.2, -0.15) is 0 Å². The molecule has 106 valence electrons. The quantitative estimate of drug-likeness (QED) is 0.829. The van der Waals surface area contributed by atoms with E-state index in [0.29, 0.717) is 11.4 Å². The van der Waals surface area contributed by atoms with Crippen molar-refractivity contribution >= 4 is 41.0 Å². The Kier molecular flexibility index (Phi) is 4.68. The molecule has 0 radical (unpaired) electrons. The third-order valence-electron chi connectivity index (χ3n) is 3.59. The molecule has 0 aliphatic heterocycles. The Morgan fingerprint density at radius 2 is 2.10 bits per heavy atom. The minimum Gasteiger partial charge on any atom is -0.397 e. The Morgan fingerprint density at radius 1 is 1.30 bits per heavy atom. The van der Waals surface area contributed by atoms with E-state index in [9.17, 15) is 4.79 Å². The topological polar surface area (TPSA) is 55.1 Å². The van der Waals surface area contributed by atoms with Crippen LogP contribution in [0.2, 0.25) is 0 Å². The zero-order valence-corrected chi connectivity index (χ0v) is 12.6. The van der Waals surface area contributed by atoms with Crippen LogP contribution in [0.4, 0.5) is 11.4 Å².